The first-order valence-electron chi connectivity index (χ1n) is 13.8. The van der Waals surface area contributed by atoms with Gasteiger partial charge in [-0.05, 0) is 46.0 Å². The van der Waals surface area contributed by atoms with Gasteiger partial charge in [0.1, 0.15) is 12.3 Å². The number of aromatic nitrogens is 4. The summed E-state index contributed by atoms with van der Waals surface area (Å²) in [4.78, 5) is 22.9. The number of hydrogen-bond acceptors (Lipinski definition) is 9. The van der Waals surface area contributed by atoms with Crippen molar-refractivity contribution in [1.82, 2.24) is 24.5 Å². The number of aryl methyl sites for hydroxylation is 1. The van der Waals surface area contributed by atoms with Gasteiger partial charge in [0.25, 0.3) is 0 Å². The quantitative estimate of drug-likeness (QED) is 0.337. The van der Waals surface area contributed by atoms with Crippen LogP contribution in [-0.2, 0) is 26.2 Å². The van der Waals surface area contributed by atoms with Gasteiger partial charge in [-0.1, -0.05) is 27.2 Å². The number of H-pyrrole nitrogens is 1. The zero-order valence-electron chi connectivity index (χ0n) is 23.8. The maximum absolute atomic E-state index is 15.5. The van der Waals surface area contributed by atoms with Crippen molar-refractivity contribution in [3.8, 4) is 0 Å². The molecule has 0 unspecified atom stereocenters. The molecule has 0 amide bonds. The maximum Gasteiger partial charge on any atom is 0.306 e. The van der Waals surface area contributed by atoms with Crippen molar-refractivity contribution in [3.05, 3.63) is 23.3 Å². The predicted octanol–water partition coefficient (Wildman–Crippen LogP) is 4.43. The maximum atomic E-state index is 15.5. The molecule has 2 aromatic rings. The van der Waals surface area contributed by atoms with E-state index in [9.17, 15) is 13.2 Å². The highest BCUT2D eigenvalue weighted by atomic mass is 32.2. The molecule has 2 N–H and O–H groups in total. The summed E-state index contributed by atoms with van der Waals surface area (Å²) in [6.07, 6.45) is 4.32. The predicted molar refractivity (Wildman–Crippen MR) is 149 cm³/mol. The first-order valence-corrected chi connectivity index (χ1v) is 15.4. The van der Waals surface area contributed by atoms with E-state index in [4.69, 9.17) is 4.74 Å². The van der Waals surface area contributed by atoms with Gasteiger partial charge in [0.05, 0.1) is 5.75 Å². The minimum absolute atomic E-state index is 0.0449. The van der Waals surface area contributed by atoms with Gasteiger partial charge >= 0.3 is 5.97 Å². The molecule has 1 saturated heterocycles. The molecule has 3 atom stereocenters. The fourth-order valence-corrected chi connectivity index (χ4v) is 6.65. The lowest BCUT2D eigenvalue weighted by molar-refractivity contribution is -0.145. The van der Waals surface area contributed by atoms with Crippen molar-refractivity contribution in [3.63, 3.8) is 0 Å². The molecule has 0 saturated carbocycles. The summed E-state index contributed by atoms with van der Waals surface area (Å²) >= 11 is 0. The van der Waals surface area contributed by atoms with E-state index in [1.165, 1.54) is 0 Å². The van der Waals surface area contributed by atoms with Crippen molar-refractivity contribution in [2.24, 2.45) is 0 Å². The van der Waals surface area contributed by atoms with Crippen LogP contribution in [0.5, 0.6) is 0 Å². The Labute approximate surface area is 231 Å². The summed E-state index contributed by atoms with van der Waals surface area (Å²) in [6.45, 7) is 9.13. The number of carbonyl (C=O) groups is 1. The Bertz CT molecular complexity index is 1210. The zero-order chi connectivity index (χ0) is 28.7. The SMILES string of the molecule is CCCCC(=O)OCc1nc(N(C)[C@@H]2C[C@@H](CC)N(S(=O)(=O)CC)[C@@H](CC)C2)nc(Nc2cc(C)[nH]n2)c1F. The van der Waals surface area contributed by atoms with Crippen LogP contribution < -0.4 is 10.2 Å². The van der Waals surface area contributed by atoms with Gasteiger partial charge in [-0.2, -0.15) is 14.4 Å². The number of carbonyl (C=O) groups excluding carboxylic acids is 1. The molecular weight excluding hydrogens is 525 g/mol. The van der Waals surface area contributed by atoms with E-state index in [0.29, 0.717) is 37.9 Å². The Hall–Kier alpha value is -2.80. The van der Waals surface area contributed by atoms with E-state index in [-0.39, 0.29) is 54.4 Å². The smallest absolute Gasteiger partial charge is 0.306 e. The number of anilines is 3. The number of rotatable bonds is 13. The summed E-state index contributed by atoms with van der Waals surface area (Å²) < 4.78 is 48.4. The van der Waals surface area contributed by atoms with Crippen molar-refractivity contribution >= 4 is 33.6 Å². The Kier molecular flexibility index (Phi) is 10.6. The van der Waals surface area contributed by atoms with Gasteiger partial charge in [0.15, 0.2) is 17.5 Å². The molecule has 11 nitrogen and oxygen atoms in total. The van der Waals surface area contributed by atoms with Crippen molar-refractivity contribution in [2.45, 2.75) is 104 Å². The molecule has 13 heteroatoms. The second-order valence-electron chi connectivity index (χ2n) is 10.0. The van der Waals surface area contributed by atoms with E-state index >= 15 is 4.39 Å². The molecule has 3 rings (SSSR count). The number of nitrogens with one attached hydrogen (secondary N) is 2. The molecule has 1 aliphatic rings. The van der Waals surface area contributed by atoms with Crippen LogP contribution in [0.2, 0.25) is 0 Å². The Morgan fingerprint density at radius 2 is 1.87 bits per heavy atom. The van der Waals surface area contributed by atoms with E-state index < -0.39 is 21.8 Å². The van der Waals surface area contributed by atoms with Gasteiger partial charge in [-0.15, -0.1) is 0 Å². The van der Waals surface area contributed by atoms with Crippen LogP contribution in [0.3, 0.4) is 0 Å². The third-order valence-corrected chi connectivity index (χ3v) is 9.23. The minimum Gasteiger partial charge on any atom is -0.459 e. The highest BCUT2D eigenvalue weighted by molar-refractivity contribution is 7.89. The third-order valence-electron chi connectivity index (χ3n) is 7.26. The summed E-state index contributed by atoms with van der Waals surface area (Å²) in [5, 5.41) is 9.82. The van der Waals surface area contributed by atoms with Gasteiger partial charge in [0, 0.05) is 43.4 Å². The molecule has 0 radical (unpaired) electrons. The number of esters is 1. The molecule has 39 heavy (non-hydrogen) atoms. The molecule has 0 aromatic carbocycles. The van der Waals surface area contributed by atoms with Gasteiger partial charge in [-0.3, -0.25) is 9.89 Å². The number of ether oxygens (including phenoxy) is 1. The standard InChI is InChI=1S/C26H42FN7O4S/c1-7-11-12-23(35)38-16-21-24(27)25(29-22-13-17(5)31-32-22)30-26(28-21)33(6)20-14-18(8-2)34(19(9-3)15-20)39(36,37)10-4/h13,18-20H,7-12,14-16H2,1-6H3,(H2,28,29,30,31,32)/t18-,19+,20-. The average Bonchev–Trinajstić information content (AvgIpc) is 3.34. The molecular formula is C26H42FN7O4S. The van der Waals surface area contributed by atoms with Crippen LogP contribution in [0.1, 0.15) is 84.0 Å². The van der Waals surface area contributed by atoms with E-state index in [1.54, 1.807) is 17.3 Å². The van der Waals surface area contributed by atoms with Crippen molar-refractivity contribution < 1.29 is 22.3 Å². The largest absolute Gasteiger partial charge is 0.459 e. The van der Waals surface area contributed by atoms with Crippen LogP contribution in [-0.4, -0.2) is 69.8 Å². The van der Waals surface area contributed by atoms with Crippen LogP contribution in [0.4, 0.5) is 22.0 Å². The molecule has 2 aromatic heterocycles. The Balaban J connectivity index is 1.93. The normalized spacial score (nSPS) is 20.1. The molecule has 3 heterocycles. The number of unbranched alkanes of at least 4 members (excludes halogenated alkanes) is 1. The number of piperidine rings is 1. The molecule has 1 fully saturated rings. The summed E-state index contributed by atoms with van der Waals surface area (Å²) in [5.74, 6) is -0.514. The van der Waals surface area contributed by atoms with Crippen LogP contribution in [0.15, 0.2) is 6.07 Å². The van der Waals surface area contributed by atoms with E-state index in [0.717, 1.165) is 12.1 Å². The third kappa shape index (κ3) is 7.44. The van der Waals surface area contributed by atoms with Gasteiger partial charge < -0.3 is 15.0 Å². The van der Waals surface area contributed by atoms with E-state index in [1.807, 2.05) is 39.6 Å². The summed E-state index contributed by atoms with van der Waals surface area (Å²) in [7, 11) is -1.53. The number of nitrogens with zero attached hydrogens (tertiary/aromatic N) is 5. The fourth-order valence-electron chi connectivity index (χ4n) is 4.97. The van der Waals surface area contributed by atoms with Crippen LogP contribution in [0, 0.1) is 12.7 Å². The number of halogens is 1. The van der Waals surface area contributed by atoms with Gasteiger partial charge in [-0.25, -0.2) is 17.8 Å². The second-order valence-corrected chi connectivity index (χ2v) is 12.2. The summed E-state index contributed by atoms with van der Waals surface area (Å²) in [5.41, 5.74) is 0.746. The molecule has 1 aliphatic heterocycles. The molecule has 0 bridgehead atoms. The Morgan fingerprint density at radius 3 is 2.41 bits per heavy atom. The number of hydrogen-bond donors (Lipinski definition) is 2. The van der Waals surface area contributed by atoms with Crippen LogP contribution in [0.25, 0.3) is 0 Å². The first kappa shape index (κ1) is 30.7. The highest BCUT2D eigenvalue weighted by Crippen LogP contribution is 2.34. The lowest BCUT2D eigenvalue weighted by Gasteiger charge is -2.46. The topological polar surface area (TPSA) is 133 Å². The monoisotopic (exact) mass is 567 g/mol. The zero-order valence-corrected chi connectivity index (χ0v) is 24.6. The second kappa shape index (κ2) is 13.5. The van der Waals surface area contributed by atoms with E-state index in [2.05, 4.69) is 25.5 Å². The average molecular weight is 568 g/mol. The fraction of sp³-hybridized carbons (Fsp3) is 0.692. The lowest BCUT2D eigenvalue weighted by Crippen LogP contribution is -2.56. The molecule has 0 aliphatic carbocycles. The molecule has 0 spiro atoms. The van der Waals surface area contributed by atoms with Crippen molar-refractivity contribution in [1.29, 1.82) is 0 Å². The lowest BCUT2D eigenvalue weighted by atomic mass is 9.90. The highest BCUT2D eigenvalue weighted by Gasteiger charge is 2.41. The summed E-state index contributed by atoms with van der Waals surface area (Å²) in [6, 6.07) is 1.32. The van der Waals surface area contributed by atoms with Gasteiger partial charge in [0.2, 0.25) is 16.0 Å². The Morgan fingerprint density at radius 1 is 1.21 bits per heavy atom. The number of aromatic amines is 1. The van der Waals surface area contributed by atoms with Crippen molar-refractivity contribution in [2.75, 3.05) is 23.0 Å². The van der Waals surface area contributed by atoms with Crippen LogP contribution >= 0.6 is 0 Å². The molecule has 218 valence electrons. The minimum atomic E-state index is -3.37. The first-order chi connectivity index (χ1) is 18.5. The number of sulfonamides is 1.